The van der Waals surface area contributed by atoms with Gasteiger partial charge in [-0.25, -0.2) is 8.42 Å². The molecule has 0 unspecified atom stereocenters. The van der Waals surface area contributed by atoms with E-state index < -0.39 is 19.2 Å². The molecule has 6 fully saturated rings. The van der Waals surface area contributed by atoms with Gasteiger partial charge in [-0.3, -0.25) is 24.1 Å². The number of fused-ring (bicyclic) bond motifs is 4. The Morgan fingerprint density at radius 3 is 1.12 bits per heavy atom. The Hall–Kier alpha value is -5.92. The Morgan fingerprint density at radius 1 is 0.437 bits per heavy atom. The average molecular weight is 1490 g/mol. The summed E-state index contributed by atoms with van der Waals surface area (Å²) >= 11 is 5.92. The minimum Gasteiger partial charge on any atom is -0.396 e. The summed E-state index contributed by atoms with van der Waals surface area (Å²) in [6, 6.07) is 42.6. The van der Waals surface area contributed by atoms with Crippen molar-refractivity contribution >= 4 is 102 Å². The van der Waals surface area contributed by atoms with Gasteiger partial charge in [0.05, 0.1) is 46.2 Å². The van der Waals surface area contributed by atoms with Gasteiger partial charge in [-0.05, 0) is 215 Å². The summed E-state index contributed by atoms with van der Waals surface area (Å²) in [6.07, 6.45) is 23.8. The van der Waals surface area contributed by atoms with Gasteiger partial charge in [0, 0.05) is 145 Å². The van der Waals surface area contributed by atoms with Gasteiger partial charge in [-0.1, -0.05) is 112 Å². The molecule has 0 atom stereocenters. The summed E-state index contributed by atoms with van der Waals surface area (Å²) < 4.78 is 45.9. The molecule has 6 aliphatic rings. The average Bonchev–Trinajstić information content (AvgIpc) is 0.819. The topological polar surface area (TPSA) is 213 Å². The van der Waals surface area contributed by atoms with Crippen LogP contribution in [-0.4, -0.2) is 217 Å². The highest BCUT2D eigenvalue weighted by molar-refractivity contribution is 8.13. The zero-order chi connectivity index (χ0) is 73.4. The molecule has 0 amide bonds. The lowest BCUT2D eigenvalue weighted by molar-refractivity contribution is 0.102. The highest BCUT2D eigenvalue weighted by Crippen LogP contribution is 2.33. The van der Waals surface area contributed by atoms with E-state index in [0.29, 0.717) is 37.6 Å². The minimum absolute atomic E-state index is 0.295. The van der Waals surface area contributed by atoms with E-state index >= 15 is 0 Å². The van der Waals surface area contributed by atoms with Crippen LogP contribution in [0.5, 0.6) is 0 Å². The predicted octanol–water partition coefficient (Wildman–Crippen LogP) is 13.3. The van der Waals surface area contributed by atoms with Crippen LogP contribution < -0.4 is 25.3 Å². The number of nitrogens with one attached hydrogen (secondary N) is 2. The first-order valence-corrected chi connectivity index (χ1v) is 42.6. The fourth-order valence-corrected chi connectivity index (χ4v) is 15.6. The highest BCUT2D eigenvalue weighted by Gasteiger charge is 2.28. The lowest BCUT2D eigenvalue weighted by Gasteiger charge is -2.40. The summed E-state index contributed by atoms with van der Waals surface area (Å²) in [5.74, 6) is 2.22. The van der Waals surface area contributed by atoms with Crippen LogP contribution in [0.15, 0.2) is 146 Å². The number of halogens is 2. The zero-order valence-electron chi connectivity index (χ0n) is 61.9. The molecule has 564 valence electrons. The van der Waals surface area contributed by atoms with Crippen LogP contribution in [0, 0.1) is 23.7 Å². The van der Waals surface area contributed by atoms with Crippen molar-refractivity contribution in [2.24, 2.45) is 23.7 Å². The lowest BCUT2D eigenvalue weighted by atomic mass is 9.94. The maximum absolute atomic E-state index is 11.1. The molecular weight excluding hydrogens is 1380 g/mol. The van der Waals surface area contributed by atoms with Crippen molar-refractivity contribution in [3.8, 4) is 0 Å². The predicted molar refractivity (Wildman–Crippen MR) is 429 cm³/mol. The molecule has 19 nitrogen and oxygen atoms in total. The van der Waals surface area contributed by atoms with Crippen molar-refractivity contribution in [3.05, 3.63) is 151 Å². The van der Waals surface area contributed by atoms with E-state index in [4.69, 9.17) is 20.9 Å². The molecule has 10 heterocycles. The number of aliphatic hydroxyl groups is 2. The Labute approximate surface area is 624 Å². The molecule has 0 spiro atoms. The third kappa shape index (κ3) is 27.4. The van der Waals surface area contributed by atoms with E-state index in [2.05, 4.69) is 165 Å². The summed E-state index contributed by atoms with van der Waals surface area (Å²) in [5, 5.41) is 29.9. The lowest BCUT2D eigenvalue weighted by Crippen LogP contribution is -2.47. The van der Waals surface area contributed by atoms with Crippen LogP contribution in [0.25, 0.3) is 43.6 Å². The highest BCUT2D eigenvalue weighted by atomic mass is 35.7. The summed E-state index contributed by atoms with van der Waals surface area (Å²) in [4.78, 5) is 32.8. The van der Waals surface area contributed by atoms with Gasteiger partial charge in [0.25, 0.3) is 10.1 Å². The molecule has 14 rings (SSSR count). The Morgan fingerprint density at radius 2 is 0.757 bits per heavy atom. The zero-order valence-corrected chi connectivity index (χ0v) is 65.1. The second kappa shape index (κ2) is 43.6. The van der Waals surface area contributed by atoms with Crippen LogP contribution in [0.4, 0.5) is 17.1 Å². The summed E-state index contributed by atoms with van der Waals surface area (Å²) in [7, 11) is -2.03. The van der Waals surface area contributed by atoms with Gasteiger partial charge in [-0.2, -0.15) is 8.42 Å². The Balaban J connectivity index is 0.000000161. The third-order valence-electron chi connectivity index (χ3n) is 20.9. The molecule has 0 radical (unpaired) electrons. The fourth-order valence-electron chi connectivity index (χ4n) is 15.0. The number of nitrogens with zero attached hydrogens (tertiary/aromatic N) is 10. The van der Waals surface area contributed by atoms with Gasteiger partial charge in [0.2, 0.25) is 9.05 Å². The SMILES string of the molecule is CCN(CC)C1CCN(CC2CCN(c3ccnc4ccccc34)CC2)CC1.CCN(CC)C1CCNCC1.CS(=O)(=O)Cl.CS(=O)(=O)OCC1CCN(c2ccnc3ccccc23)CC1.Clc1ccnc2ccccc12.OCC1CCN(c2ccnc3ccccc23)CC1.OCC1CCNCC1. The van der Waals surface area contributed by atoms with Crippen LogP contribution in [0.1, 0.15) is 105 Å². The molecule has 0 bridgehead atoms. The van der Waals surface area contributed by atoms with E-state index in [1.165, 1.54) is 138 Å². The molecule has 0 aliphatic carbocycles. The van der Waals surface area contributed by atoms with Gasteiger partial charge >= 0.3 is 0 Å². The molecule has 0 saturated carbocycles. The number of benzene rings is 4. The quantitative estimate of drug-likeness (QED) is 0.0523. The van der Waals surface area contributed by atoms with Gasteiger partial charge in [0.1, 0.15) is 0 Å². The number of aromatic nitrogens is 4. The maximum atomic E-state index is 11.1. The van der Waals surface area contributed by atoms with Crippen molar-refractivity contribution < 1.29 is 31.2 Å². The smallest absolute Gasteiger partial charge is 0.264 e. The number of likely N-dealkylation sites (tertiary alicyclic amines) is 1. The largest absolute Gasteiger partial charge is 0.396 e. The van der Waals surface area contributed by atoms with Crippen molar-refractivity contribution in [1.82, 2.24) is 45.3 Å². The van der Waals surface area contributed by atoms with Crippen molar-refractivity contribution in [2.45, 2.75) is 117 Å². The first-order chi connectivity index (χ1) is 49.9. The molecule has 6 aliphatic heterocycles. The number of pyridine rings is 4. The second-order valence-corrected chi connectivity index (χ2v) is 32.9. The normalized spacial score (nSPS) is 17.9. The molecule has 8 aromatic rings. The summed E-state index contributed by atoms with van der Waals surface area (Å²) in [6.45, 7) is 29.6. The van der Waals surface area contributed by atoms with Gasteiger partial charge in [0.15, 0.2) is 0 Å². The first-order valence-electron chi connectivity index (χ1n) is 37.7. The van der Waals surface area contributed by atoms with Crippen LogP contribution in [0.3, 0.4) is 0 Å². The van der Waals surface area contributed by atoms with Crippen molar-refractivity contribution in [2.75, 3.05) is 158 Å². The van der Waals surface area contributed by atoms with Gasteiger partial charge in [-0.15, -0.1) is 0 Å². The number of rotatable bonds is 16. The third-order valence-corrected chi connectivity index (χ3v) is 21.8. The number of hydrogen-bond acceptors (Lipinski definition) is 19. The molecule has 6 saturated heterocycles. The fraction of sp³-hybridized carbons (Fsp3) is 0.550. The monoisotopic (exact) mass is 1490 g/mol. The van der Waals surface area contributed by atoms with Crippen LogP contribution in [0.2, 0.25) is 5.02 Å². The number of hydrogen-bond donors (Lipinski definition) is 4. The molecule has 4 aromatic carbocycles. The maximum Gasteiger partial charge on any atom is 0.264 e. The van der Waals surface area contributed by atoms with Crippen LogP contribution >= 0.6 is 22.3 Å². The number of anilines is 3. The molecule has 23 heteroatoms. The number of piperidine rings is 6. The Kier molecular flexibility index (Phi) is 35.1. The Bertz CT molecular complexity index is 3940. The minimum atomic E-state index is -3.34. The summed E-state index contributed by atoms with van der Waals surface area (Å²) in [5.41, 5.74) is 7.95. The molecule has 103 heavy (non-hydrogen) atoms. The van der Waals surface area contributed by atoms with E-state index in [0.717, 1.165) is 146 Å². The van der Waals surface area contributed by atoms with Crippen LogP contribution in [-0.2, 0) is 23.4 Å². The van der Waals surface area contributed by atoms with Crippen molar-refractivity contribution in [1.29, 1.82) is 0 Å². The molecule has 4 aromatic heterocycles. The number of aliphatic hydroxyl groups excluding tert-OH is 2. The van der Waals surface area contributed by atoms with Crippen molar-refractivity contribution in [3.63, 3.8) is 0 Å². The standard InChI is InChI=1S/C24H36N4.C16H20N2O3S.C15H18N2O.C9H6ClN.C9H20N2.C6H13NO.CH3ClO2S/c1-3-27(4-2)21-12-15-26(16-13-21)19-20-10-17-28(18-11-20)24-9-14-25-23-8-6-5-7-22(23)24;1-22(19,20)21-12-13-7-10-18(11-8-13)16-6-9-17-15-5-3-2-4-14(15)16;18-11-12-6-9-17(10-7-12)15-5-8-16-14-4-2-1-3-13(14)15;10-8-5-6-11-9-4-2-1-3-7(8)9;1-3-11(4-2)9-5-7-10-8-6-9;8-5-6-1-3-7-4-2-6;1-5(2,3)4/h5-9,14,20-21H,3-4,10-13,15-19H2,1-2H3;2-6,9,13H,7-8,10-12H2,1H3;1-5,8,12,18H,6-7,9-11H2;1-6H;9-10H,3-8H2,1-2H3;6-8H,1-5H2;1H3. The van der Waals surface area contributed by atoms with E-state index in [1.807, 2.05) is 67.1 Å². The second-order valence-electron chi connectivity index (χ2n) is 27.8. The molecular formula is C80H116Cl2N12O7S2. The molecule has 4 N–H and O–H groups in total. The van der Waals surface area contributed by atoms with E-state index in [1.54, 1.807) is 12.3 Å². The van der Waals surface area contributed by atoms with E-state index in [9.17, 15) is 21.9 Å². The number of para-hydroxylation sites is 4. The first kappa shape index (κ1) is 82.7. The van der Waals surface area contributed by atoms with Gasteiger partial charge < -0.3 is 50.2 Å². The van der Waals surface area contributed by atoms with E-state index in [-0.39, 0.29) is 0 Å².